The van der Waals surface area contributed by atoms with Crippen molar-refractivity contribution in [1.82, 2.24) is 10.1 Å². The first-order valence-electron chi connectivity index (χ1n) is 6.87. The van der Waals surface area contributed by atoms with Crippen LogP contribution in [-0.2, 0) is 5.54 Å². The van der Waals surface area contributed by atoms with Crippen LogP contribution in [0.1, 0.15) is 43.6 Å². The van der Waals surface area contributed by atoms with Crippen LogP contribution in [0.25, 0.3) is 11.4 Å². The summed E-state index contributed by atoms with van der Waals surface area (Å²) in [6, 6.07) is 8.11. The van der Waals surface area contributed by atoms with E-state index < -0.39 is 5.54 Å². The smallest absolute Gasteiger partial charge is 0.247 e. The maximum absolute atomic E-state index is 6.40. The molecule has 3 rings (SSSR count). The minimum Gasteiger partial charge on any atom is -0.337 e. The van der Waals surface area contributed by atoms with Crippen molar-refractivity contribution in [3.63, 3.8) is 0 Å². The van der Waals surface area contributed by atoms with E-state index in [1.165, 1.54) is 12.0 Å². The highest BCUT2D eigenvalue weighted by Crippen LogP contribution is 2.34. The number of hydrogen-bond donors (Lipinski definition) is 1. The Hall–Kier alpha value is -1.39. The largest absolute Gasteiger partial charge is 0.337 e. The zero-order chi connectivity index (χ0) is 13.3. The van der Waals surface area contributed by atoms with Crippen LogP contribution in [0.4, 0.5) is 0 Å². The number of rotatable bonds is 2. The van der Waals surface area contributed by atoms with Gasteiger partial charge in [-0.3, -0.25) is 0 Å². The molecule has 1 saturated carbocycles. The van der Waals surface area contributed by atoms with Gasteiger partial charge in [-0.15, -0.1) is 12.4 Å². The SMILES string of the molecule is Cc1ccc(-c2noc(C3(N)CCCCC3)n2)cc1.Cl. The van der Waals surface area contributed by atoms with E-state index in [0.717, 1.165) is 31.2 Å². The lowest BCUT2D eigenvalue weighted by molar-refractivity contribution is 0.220. The van der Waals surface area contributed by atoms with Crippen molar-refractivity contribution >= 4 is 12.4 Å². The fourth-order valence-electron chi connectivity index (χ4n) is 2.64. The Bertz CT molecular complexity index is 559. The number of aryl methyl sites for hydroxylation is 1. The first-order chi connectivity index (χ1) is 9.17. The molecule has 1 aromatic carbocycles. The Morgan fingerprint density at radius 1 is 1.10 bits per heavy atom. The monoisotopic (exact) mass is 293 g/mol. The Morgan fingerprint density at radius 3 is 2.40 bits per heavy atom. The Morgan fingerprint density at radius 2 is 1.75 bits per heavy atom. The maximum Gasteiger partial charge on any atom is 0.247 e. The molecule has 0 bridgehead atoms. The van der Waals surface area contributed by atoms with E-state index >= 15 is 0 Å². The summed E-state index contributed by atoms with van der Waals surface area (Å²) in [7, 11) is 0. The molecule has 0 atom stereocenters. The highest BCUT2D eigenvalue weighted by Gasteiger charge is 2.35. The highest BCUT2D eigenvalue weighted by atomic mass is 35.5. The molecule has 0 amide bonds. The molecule has 1 aliphatic rings. The van der Waals surface area contributed by atoms with Gasteiger partial charge in [0.15, 0.2) is 0 Å². The normalized spacial score (nSPS) is 17.5. The number of hydrogen-bond acceptors (Lipinski definition) is 4. The standard InChI is InChI=1S/C15H19N3O.ClH/c1-11-5-7-12(8-6-11)13-17-14(19-18-13)15(16)9-3-2-4-10-15;/h5-8H,2-4,9-10,16H2,1H3;1H. The summed E-state index contributed by atoms with van der Waals surface area (Å²) < 4.78 is 5.41. The van der Waals surface area contributed by atoms with Gasteiger partial charge in [-0.05, 0) is 19.8 Å². The van der Waals surface area contributed by atoms with Gasteiger partial charge < -0.3 is 10.3 Å². The summed E-state index contributed by atoms with van der Waals surface area (Å²) in [5.41, 5.74) is 8.17. The predicted molar refractivity (Wildman–Crippen MR) is 80.7 cm³/mol. The Labute approximate surface area is 125 Å². The Kier molecular flexibility index (Phi) is 4.45. The topological polar surface area (TPSA) is 64.9 Å². The number of halogens is 1. The summed E-state index contributed by atoms with van der Waals surface area (Å²) in [6.45, 7) is 2.06. The van der Waals surface area contributed by atoms with Gasteiger partial charge in [-0.25, -0.2) is 0 Å². The summed E-state index contributed by atoms with van der Waals surface area (Å²) in [4.78, 5) is 4.50. The molecule has 0 spiro atoms. The first kappa shape index (κ1) is 15.0. The minimum atomic E-state index is -0.422. The third-order valence-corrected chi connectivity index (χ3v) is 3.91. The molecule has 108 valence electrons. The van der Waals surface area contributed by atoms with Gasteiger partial charge in [-0.1, -0.05) is 54.2 Å². The summed E-state index contributed by atoms with van der Waals surface area (Å²) >= 11 is 0. The van der Waals surface area contributed by atoms with E-state index in [9.17, 15) is 0 Å². The van der Waals surface area contributed by atoms with Crippen LogP contribution < -0.4 is 5.73 Å². The second-order valence-electron chi connectivity index (χ2n) is 5.51. The van der Waals surface area contributed by atoms with Gasteiger partial charge in [-0.2, -0.15) is 4.98 Å². The molecule has 1 aliphatic carbocycles. The first-order valence-corrected chi connectivity index (χ1v) is 6.87. The van der Waals surface area contributed by atoms with Gasteiger partial charge in [0.1, 0.15) is 0 Å². The Balaban J connectivity index is 0.00000147. The van der Waals surface area contributed by atoms with Gasteiger partial charge in [0.05, 0.1) is 5.54 Å². The molecule has 5 heteroatoms. The quantitative estimate of drug-likeness (QED) is 0.919. The van der Waals surface area contributed by atoms with E-state index in [0.29, 0.717) is 11.7 Å². The van der Waals surface area contributed by atoms with Crippen molar-refractivity contribution in [3.8, 4) is 11.4 Å². The van der Waals surface area contributed by atoms with Crippen LogP contribution in [0.15, 0.2) is 28.8 Å². The predicted octanol–water partition coefficient (Wildman–Crippen LogP) is 3.58. The molecule has 0 aliphatic heterocycles. The second kappa shape index (κ2) is 5.94. The van der Waals surface area contributed by atoms with Crippen molar-refractivity contribution in [2.75, 3.05) is 0 Å². The van der Waals surface area contributed by atoms with Crippen LogP contribution in [0.5, 0.6) is 0 Å². The molecule has 0 radical (unpaired) electrons. The molecule has 1 fully saturated rings. The lowest BCUT2D eigenvalue weighted by atomic mass is 9.82. The number of nitrogens with zero attached hydrogens (tertiary/aromatic N) is 2. The fraction of sp³-hybridized carbons (Fsp3) is 0.467. The molecule has 0 unspecified atom stereocenters. The molecular formula is C15H20ClN3O. The van der Waals surface area contributed by atoms with Gasteiger partial charge in [0.25, 0.3) is 0 Å². The minimum absolute atomic E-state index is 0. The van der Waals surface area contributed by atoms with Crippen LogP contribution in [0.3, 0.4) is 0 Å². The van der Waals surface area contributed by atoms with Gasteiger partial charge >= 0.3 is 0 Å². The molecular weight excluding hydrogens is 274 g/mol. The van der Waals surface area contributed by atoms with E-state index in [1.807, 2.05) is 24.3 Å². The number of nitrogens with two attached hydrogens (primary N) is 1. The van der Waals surface area contributed by atoms with Crippen molar-refractivity contribution < 1.29 is 4.52 Å². The highest BCUT2D eigenvalue weighted by molar-refractivity contribution is 5.85. The van der Waals surface area contributed by atoms with Gasteiger partial charge in [0, 0.05) is 5.56 Å². The molecule has 4 nitrogen and oxygen atoms in total. The van der Waals surface area contributed by atoms with E-state index in [1.54, 1.807) is 0 Å². The second-order valence-corrected chi connectivity index (χ2v) is 5.51. The molecule has 1 heterocycles. The summed E-state index contributed by atoms with van der Waals surface area (Å²) in [5.74, 6) is 1.22. The van der Waals surface area contributed by atoms with E-state index in [2.05, 4.69) is 17.1 Å². The van der Waals surface area contributed by atoms with Crippen molar-refractivity contribution in [3.05, 3.63) is 35.7 Å². The van der Waals surface area contributed by atoms with Crippen molar-refractivity contribution in [2.24, 2.45) is 5.73 Å². The van der Waals surface area contributed by atoms with E-state index in [4.69, 9.17) is 10.3 Å². The third-order valence-electron chi connectivity index (χ3n) is 3.91. The van der Waals surface area contributed by atoms with Crippen LogP contribution in [0.2, 0.25) is 0 Å². The van der Waals surface area contributed by atoms with Crippen LogP contribution in [0, 0.1) is 6.92 Å². The average Bonchev–Trinajstić information content (AvgIpc) is 2.91. The van der Waals surface area contributed by atoms with Crippen LogP contribution >= 0.6 is 12.4 Å². The van der Waals surface area contributed by atoms with Gasteiger partial charge in [0.2, 0.25) is 11.7 Å². The molecule has 0 saturated heterocycles. The summed E-state index contributed by atoms with van der Waals surface area (Å²) in [6.07, 6.45) is 5.39. The maximum atomic E-state index is 6.40. The number of aromatic nitrogens is 2. The fourth-order valence-corrected chi connectivity index (χ4v) is 2.64. The average molecular weight is 294 g/mol. The summed E-state index contributed by atoms with van der Waals surface area (Å²) in [5, 5.41) is 4.07. The molecule has 20 heavy (non-hydrogen) atoms. The van der Waals surface area contributed by atoms with E-state index in [-0.39, 0.29) is 12.4 Å². The number of benzene rings is 1. The zero-order valence-corrected chi connectivity index (χ0v) is 12.4. The lowest BCUT2D eigenvalue weighted by Crippen LogP contribution is -2.38. The molecule has 2 aromatic rings. The molecule has 1 aromatic heterocycles. The zero-order valence-electron chi connectivity index (χ0n) is 11.6. The van der Waals surface area contributed by atoms with Crippen LogP contribution in [-0.4, -0.2) is 10.1 Å². The van der Waals surface area contributed by atoms with Crippen molar-refractivity contribution in [1.29, 1.82) is 0 Å². The third kappa shape index (κ3) is 2.86. The molecule has 2 N–H and O–H groups in total. The van der Waals surface area contributed by atoms with Crippen molar-refractivity contribution in [2.45, 2.75) is 44.6 Å². The lowest BCUT2D eigenvalue weighted by Gasteiger charge is -2.29.